The number of hydrogen-bond acceptors (Lipinski definition) is 2. The Balaban J connectivity index is 2.43. The zero-order valence-electron chi connectivity index (χ0n) is 7.92. The van der Waals surface area contributed by atoms with E-state index in [2.05, 4.69) is 18.0 Å². The predicted molar refractivity (Wildman–Crippen MR) is 50.0 cm³/mol. The summed E-state index contributed by atoms with van der Waals surface area (Å²) in [5, 5.41) is 0. The highest BCUT2D eigenvalue weighted by Gasteiger charge is 2.23. The van der Waals surface area contributed by atoms with E-state index < -0.39 is 0 Å². The molecule has 0 aliphatic carbocycles. The second kappa shape index (κ2) is 4.41. The van der Waals surface area contributed by atoms with Crippen LogP contribution in [0.4, 0.5) is 0 Å². The van der Waals surface area contributed by atoms with Gasteiger partial charge in [0, 0.05) is 25.4 Å². The first-order chi connectivity index (χ1) is 5.74. The van der Waals surface area contributed by atoms with Gasteiger partial charge in [-0.1, -0.05) is 12.2 Å². The van der Waals surface area contributed by atoms with E-state index in [-0.39, 0.29) is 5.92 Å². The number of likely N-dealkylation sites (tertiary alicyclic amines) is 1. The topological polar surface area (TPSA) is 20.3 Å². The standard InChI is InChI=1S/C10H17NO/c1-3-4-5-9-8-11(2)7-6-10(9)12/h3-4,9H,5-8H2,1-2H3/b4-3+. The number of rotatable bonds is 2. The van der Waals surface area contributed by atoms with Gasteiger partial charge >= 0.3 is 0 Å². The van der Waals surface area contributed by atoms with Gasteiger partial charge in [-0.05, 0) is 20.4 Å². The van der Waals surface area contributed by atoms with E-state index in [1.807, 2.05) is 13.0 Å². The molecule has 2 heteroatoms. The fourth-order valence-electron chi connectivity index (χ4n) is 1.58. The number of allylic oxidation sites excluding steroid dienone is 2. The average Bonchev–Trinajstić information content (AvgIpc) is 2.07. The van der Waals surface area contributed by atoms with Gasteiger partial charge in [0.2, 0.25) is 0 Å². The molecule has 1 aliphatic rings. The largest absolute Gasteiger partial charge is 0.305 e. The normalized spacial score (nSPS) is 26.8. The van der Waals surface area contributed by atoms with Gasteiger partial charge in [-0.3, -0.25) is 4.79 Å². The van der Waals surface area contributed by atoms with E-state index in [0.717, 1.165) is 25.9 Å². The summed E-state index contributed by atoms with van der Waals surface area (Å²) >= 11 is 0. The highest BCUT2D eigenvalue weighted by molar-refractivity contribution is 5.82. The summed E-state index contributed by atoms with van der Waals surface area (Å²) in [5.41, 5.74) is 0. The molecule has 1 rings (SSSR count). The molecule has 68 valence electrons. The molecule has 1 heterocycles. The van der Waals surface area contributed by atoms with Crippen LogP contribution in [0, 0.1) is 5.92 Å². The van der Waals surface area contributed by atoms with E-state index in [4.69, 9.17) is 0 Å². The number of hydrogen-bond donors (Lipinski definition) is 0. The third-order valence-electron chi connectivity index (χ3n) is 2.38. The van der Waals surface area contributed by atoms with Crippen LogP contribution in [0.25, 0.3) is 0 Å². The van der Waals surface area contributed by atoms with Gasteiger partial charge in [-0.25, -0.2) is 0 Å². The molecule has 0 saturated carbocycles. The number of piperidine rings is 1. The van der Waals surface area contributed by atoms with E-state index >= 15 is 0 Å². The van der Waals surface area contributed by atoms with Gasteiger partial charge < -0.3 is 4.90 Å². The first kappa shape index (κ1) is 9.46. The molecule has 0 aromatic rings. The Kier molecular flexibility index (Phi) is 3.48. The number of Topliss-reactive ketones (excluding diaryl/α,β-unsaturated/α-hetero) is 1. The van der Waals surface area contributed by atoms with Gasteiger partial charge in [-0.2, -0.15) is 0 Å². The van der Waals surface area contributed by atoms with Crippen molar-refractivity contribution in [2.24, 2.45) is 5.92 Å². The Hall–Kier alpha value is -0.630. The molecule has 12 heavy (non-hydrogen) atoms. The molecule has 0 bridgehead atoms. The third-order valence-corrected chi connectivity index (χ3v) is 2.38. The summed E-state index contributed by atoms with van der Waals surface area (Å²) in [6, 6.07) is 0. The van der Waals surface area contributed by atoms with E-state index in [9.17, 15) is 4.79 Å². The van der Waals surface area contributed by atoms with Crippen molar-refractivity contribution in [2.75, 3.05) is 20.1 Å². The molecule has 2 nitrogen and oxygen atoms in total. The molecule has 1 aliphatic heterocycles. The van der Waals surface area contributed by atoms with Crippen LogP contribution >= 0.6 is 0 Å². The van der Waals surface area contributed by atoms with Crippen LogP contribution in [0.15, 0.2) is 12.2 Å². The third kappa shape index (κ3) is 2.45. The number of ketones is 1. The zero-order chi connectivity index (χ0) is 8.97. The summed E-state index contributed by atoms with van der Waals surface area (Å²) < 4.78 is 0. The molecule has 0 N–H and O–H groups in total. The fraction of sp³-hybridized carbons (Fsp3) is 0.700. The van der Waals surface area contributed by atoms with E-state index in [0.29, 0.717) is 5.78 Å². The summed E-state index contributed by atoms with van der Waals surface area (Å²) in [4.78, 5) is 13.6. The van der Waals surface area contributed by atoms with Crippen LogP contribution in [0.5, 0.6) is 0 Å². The SMILES string of the molecule is C/C=C/CC1CN(C)CCC1=O. The lowest BCUT2D eigenvalue weighted by Crippen LogP contribution is -2.38. The lowest BCUT2D eigenvalue weighted by molar-refractivity contribution is -0.125. The van der Waals surface area contributed by atoms with Gasteiger partial charge in [0.25, 0.3) is 0 Å². The molecule has 0 aromatic heterocycles. The van der Waals surface area contributed by atoms with Gasteiger partial charge in [0.15, 0.2) is 0 Å². The Morgan fingerprint density at radius 3 is 3.08 bits per heavy atom. The van der Waals surface area contributed by atoms with Crippen LogP contribution in [0.3, 0.4) is 0 Å². The van der Waals surface area contributed by atoms with Crippen LogP contribution in [-0.2, 0) is 4.79 Å². The van der Waals surface area contributed by atoms with Gasteiger partial charge in [0.1, 0.15) is 5.78 Å². The molecular formula is C10H17NO. The Morgan fingerprint density at radius 1 is 1.67 bits per heavy atom. The molecular weight excluding hydrogens is 150 g/mol. The Bertz CT molecular complexity index is 186. The second-order valence-electron chi connectivity index (χ2n) is 3.48. The number of carbonyl (C=O) groups excluding carboxylic acids is 1. The van der Waals surface area contributed by atoms with Crippen molar-refractivity contribution in [2.45, 2.75) is 19.8 Å². The zero-order valence-corrected chi connectivity index (χ0v) is 7.92. The predicted octanol–water partition coefficient (Wildman–Crippen LogP) is 1.47. The number of carbonyl (C=O) groups is 1. The van der Waals surface area contributed by atoms with Crippen LogP contribution < -0.4 is 0 Å². The van der Waals surface area contributed by atoms with E-state index in [1.165, 1.54) is 0 Å². The summed E-state index contributed by atoms with van der Waals surface area (Å²) in [6.07, 6.45) is 5.75. The van der Waals surface area contributed by atoms with Crippen molar-refractivity contribution >= 4 is 5.78 Å². The van der Waals surface area contributed by atoms with Crippen LogP contribution in [0.2, 0.25) is 0 Å². The lowest BCUT2D eigenvalue weighted by Gasteiger charge is -2.27. The van der Waals surface area contributed by atoms with Crippen LogP contribution in [-0.4, -0.2) is 30.8 Å². The average molecular weight is 167 g/mol. The minimum absolute atomic E-state index is 0.250. The Morgan fingerprint density at radius 2 is 2.42 bits per heavy atom. The second-order valence-corrected chi connectivity index (χ2v) is 3.48. The Labute approximate surface area is 74.2 Å². The van der Waals surface area contributed by atoms with E-state index in [1.54, 1.807) is 0 Å². The minimum Gasteiger partial charge on any atom is -0.305 e. The fourth-order valence-corrected chi connectivity index (χ4v) is 1.58. The maximum Gasteiger partial charge on any atom is 0.138 e. The molecule has 0 radical (unpaired) electrons. The monoisotopic (exact) mass is 167 g/mol. The van der Waals surface area contributed by atoms with Crippen molar-refractivity contribution in [1.29, 1.82) is 0 Å². The molecule has 0 aromatic carbocycles. The molecule has 0 amide bonds. The molecule has 1 saturated heterocycles. The molecule has 1 fully saturated rings. The van der Waals surface area contributed by atoms with Crippen LogP contribution in [0.1, 0.15) is 19.8 Å². The molecule has 1 atom stereocenters. The lowest BCUT2D eigenvalue weighted by atomic mass is 9.93. The van der Waals surface area contributed by atoms with Gasteiger partial charge in [0.05, 0.1) is 0 Å². The van der Waals surface area contributed by atoms with Gasteiger partial charge in [-0.15, -0.1) is 0 Å². The first-order valence-electron chi connectivity index (χ1n) is 4.56. The van der Waals surface area contributed by atoms with Crippen molar-refractivity contribution in [3.8, 4) is 0 Å². The highest BCUT2D eigenvalue weighted by Crippen LogP contribution is 2.15. The van der Waals surface area contributed by atoms with Crippen molar-refractivity contribution < 1.29 is 4.79 Å². The first-order valence-corrected chi connectivity index (χ1v) is 4.56. The number of nitrogens with zero attached hydrogens (tertiary/aromatic N) is 1. The summed E-state index contributed by atoms with van der Waals surface area (Å²) in [6.45, 7) is 3.87. The smallest absolute Gasteiger partial charge is 0.138 e. The van der Waals surface area contributed by atoms with Crippen molar-refractivity contribution in [3.63, 3.8) is 0 Å². The highest BCUT2D eigenvalue weighted by atomic mass is 16.1. The minimum atomic E-state index is 0.250. The van der Waals surface area contributed by atoms with Crippen molar-refractivity contribution in [1.82, 2.24) is 4.90 Å². The summed E-state index contributed by atoms with van der Waals surface area (Å²) in [7, 11) is 2.08. The summed E-state index contributed by atoms with van der Waals surface area (Å²) in [5.74, 6) is 0.686. The van der Waals surface area contributed by atoms with Crippen molar-refractivity contribution in [3.05, 3.63) is 12.2 Å². The maximum atomic E-state index is 11.4. The molecule has 1 unspecified atom stereocenters. The quantitative estimate of drug-likeness (QED) is 0.580. The maximum absolute atomic E-state index is 11.4. The molecule has 0 spiro atoms.